The number of benzene rings is 3. The van der Waals surface area contributed by atoms with E-state index in [-0.39, 0.29) is 11.3 Å². The Morgan fingerprint density at radius 1 is 0.923 bits per heavy atom. The summed E-state index contributed by atoms with van der Waals surface area (Å²) in [5, 5.41) is 11.4. The van der Waals surface area contributed by atoms with Crippen LogP contribution in [0.2, 0.25) is 0 Å². The molecule has 3 aromatic rings. The molecule has 1 atom stereocenters. The van der Waals surface area contributed by atoms with Crippen molar-refractivity contribution in [3.05, 3.63) is 95.1 Å². The molecule has 3 aromatic carbocycles. The van der Waals surface area contributed by atoms with E-state index in [2.05, 4.69) is 13.8 Å². The van der Waals surface area contributed by atoms with Gasteiger partial charge < -0.3 is 24.2 Å². The van der Waals surface area contributed by atoms with Gasteiger partial charge in [-0.05, 0) is 54.2 Å². The van der Waals surface area contributed by atoms with Gasteiger partial charge in [-0.25, -0.2) is 0 Å². The molecule has 4 rings (SSSR count). The molecule has 7 nitrogen and oxygen atoms in total. The highest BCUT2D eigenvalue weighted by atomic mass is 16.5. The molecule has 1 saturated heterocycles. The van der Waals surface area contributed by atoms with E-state index >= 15 is 0 Å². The van der Waals surface area contributed by atoms with Gasteiger partial charge >= 0.3 is 0 Å². The fourth-order valence-electron chi connectivity index (χ4n) is 4.66. The number of aliphatic hydroxyl groups is 1. The molecule has 0 aliphatic carbocycles. The first-order valence-electron chi connectivity index (χ1n) is 13.1. The van der Waals surface area contributed by atoms with Gasteiger partial charge in [-0.15, -0.1) is 0 Å². The number of aliphatic hydroxyl groups excluding tert-OH is 1. The molecule has 0 bridgehead atoms. The van der Waals surface area contributed by atoms with Crippen LogP contribution in [0.4, 0.5) is 0 Å². The van der Waals surface area contributed by atoms with Gasteiger partial charge in [-0.1, -0.05) is 62.4 Å². The van der Waals surface area contributed by atoms with Crippen LogP contribution in [0, 0.1) is 5.92 Å². The summed E-state index contributed by atoms with van der Waals surface area (Å²) in [6.45, 7) is 5.09. The second kappa shape index (κ2) is 12.5. The van der Waals surface area contributed by atoms with E-state index in [1.807, 2.05) is 36.4 Å². The van der Waals surface area contributed by atoms with E-state index in [1.54, 1.807) is 43.5 Å². The highest BCUT2D eigenvalue weighted by Crippen LogP contribution is 2.42. The Balaban J connectivity index is 1.77. The molecule has 0 saturated carbocycles. The maximum Gasteiger partial charge on any atom is 0.295 e. The SMILES string of the molecule is COc1cccc(C(O)=C2C(=O)C(=O)N(CCc3ccccc3)C2c2ccc(OCCC(C)C)c(OC)c2)c1. The molecule has 1 heterocycles. The number of nitrogens with zero attached hydrogens (tertiary/aromatic N) is 1. The number of hydrogen-bond acceptors (Lipinski definition) is 6. The average Bonchev–Trinajstić information content (AvgIpc) is 3.21. The summed E-state index contributed by atoms with van der Waals surface area (Å²) in [6.07, 6.45) is 1.45. The molecule has 1 N–H and O–H groups in total. The summed E-state index contributed by atoms with van der Waals surface area (Å²) in [5.74, 6) is 0.453. The molecular formula is C32H35NO6. The number of ketones is 1. The van der Waals surface area contributed by atoms with Crippen LogP contribution in [0.25, 0.3) is 5.76 Å². The Hall–Kier alpha value is -4.26. The summed E-state index contributed by atoms with van der Waals surface area (Å²) < 4.78 is 16.9. The largest absolute Gasteiger partial charge is 0.507 e. The third-order valence-corrected chi connectivity index (χ3v) is 6.82. The van der Waals surface area contributed by atoms with Crippen LogP contribution in [0.15, 0.2) is 78.4 Å². The maximum atomic E-state index is 13.4. The van der Waals surface area contributed by atoms with Crippen LogP contribution >= 0.6 is 0 Å². The van der Waals surface area contributed by atoms with Gasteiger partial charge in [0, 0.05) is 12.1 Å². The predicted octanol–water partition coefficient (Wildman–Crippen LogP) is 5.79. The zero-order valence-corrected chi connectivity index (χ0v) is 22.8. The quantitative estimate of drug-likeness (QED) is 0.192. The van der Waals surface area contributed by atoms with Crippen LogP contribution in [0.1, 0.15) is 43.0 Å². The second-order valence-electron chi connectivity index (χ2n) is 9.90. The Labute approximate surface area is 229 Å². The van der Waals surface area contributed by atoms with E-state index in [9.17, 15) is 14.7 Å². The fourth-order valence-corrected chi connectivity index (χ4v) is 4.66. The molecule has 0 spiro atoms. The van der Waals surface area contributed by atoms with Crippen molar-refractivity contribution in [3.8, 4) is 17.2 Å². The molecule has 1 aliphatic rings. The Morgan fingerprint density at radius 2 is 1.69 bits per heavy atom. The fraction of sp³-hybridized carbons (Fsp3) is 0.312. The summed E-state index contributed by atoms with van der Waals surface area (Å²) in [4.78, 5) is 28.3. The van der Waals surface area contributed by atoms with Crippen molar-refractivity contribution in [2.24, 2.45) is 5.92 Å². The van der Waals surface area contributed by atoms with Crippen LogP contribution in [-0.2, 0) is 16.0 Å². The number of ether oxygens (including phenoxy) is 3. The van der Waals surface area contributed by atoms with E-state index in [4.69, 9.17) is 14.2 Å². The minimum Gasteiger partial charge on any atom is -0.507 e. The topological polar surface area (TPSA) is 85.3 Å². The van der Waals surface area contributed by atoms with Crippen molar-refractivity contribution >= 4 is 17.4 Å². The number of hydrogen-bond donors (Lipinski definition) is 1. The first-order valence-corrected chi connectivity index (χ1v) is 13.1. The first kappa shape index (κ1) is 27.8. The number of amides is 1. The minimum absolute atomic E-state index is 0.0249. The normalized spacial score (nSPS) is 16.5. The average molecular weight is 530 g/mol. The molecule has 1 aliphatic heterocycles. The lowest BCUT2D eigenvalue weighted by molar-refractivity contribution is -0.139. The van der Waals surface area contributed by atoms with Gasteiger partial charge in [0.2, 0.25) is 0 Å². The number of methoxy groups -OCH3 is 2. The summed E-state index contributed by atoms with van der Waals surface area (Å²) in [6, 6.07) is 21.1. The van der Waals surface area contributed by atoms with Crippen LogP contribution < -0.4 is 14.2 Å². The molecule has 1 unspecified atom stereocenters. The molecular weight excluding hydrogens is 494 g/mol. The Morgan fingerprint density at radius 3 is 2.38 bits per heavy atom. The maximum absolute atomic E-state index is 13.4. The Bertz CT molecular complexity index is 1350. The standard InChI is InChI=1S/C32H35NO6/c1-21(2)16-18-39-26-14-13-23(20-27(26)38-4)29-28(30(34)24-11-8-12-25(19-24)37-3)31(35)32(36)33(29)17-15-22-9-6-5-7-10-22/h5-14,19-21,29,34H,15-18H2,1-4H3. The molecule has 1 fully saturated rings. The molecule has 39 heavy (non-hydrogen) atoms. The number of Topliss-reactive ketones (excluding diaryl/α,β-unsaturated/α-hetero) is 1. The van der Waals surface area contributed by atoms with Crippen LogP contribution in [-0.4, -0.2) is 49.1 Å². The van der Waals surface area contributed by atoms with Gasteiger partial charge in [-0.3, -0.25) is 9.59 Å². The van der Waals surface area contributed by atoms with Gasteiger partial charge in [0.25, 0.3) is 11.7 Å². The predicted molar refractivity (Wildman–Crippen MR) is 150 cm³/mol. The van der Waals surface area contributed by atoms with Crippen LogP contribution in [0.3, 0.4) is 0 Å². The Kier molecular flexibility index (Phi) is 8.92. The number of rotatable bonds is 11. The minimum atomic E-state index is -0.807. The lowest BCUT2D eigenvalue weighted by Gasteiger charge is -2.26. The summed E-state index contributed by atoms with van der Waals surface area (Å²) in [5.41, 5.74) is 2.09. The highest BCUT2D eigenvalue weighted by Gasteiger charge is 2.46. The number of carbonyl (C=O) groups excluding carboxylic acids is 2. The molecule has 7 heteroatoms. The third-order valence-electron chi connectivity index (χ3n) is 6.82. The molecule has 204 valence electrons. The second-order valence-corrected chi connectivity index (χ2v) is 9.90. The molecule has 1 amide bonds. The van der Waals surface area contributed by atoms with Crippen LogP contribution in [0.5, 0.6) is 17.2 Å². The molecule has 0 radical (unpaired) electrons. The zero-order chi connectivity index (χ0) is 27.9. The third kappa shape index (κ3) is 6.25. The van der Waals surface area contributed by atoms with Crippen molar-refractivity contribution in [2.45, 2.75) is 32.7 Å². The van der Waals surface area contributed by atoms with E-state index in [0.29, 0.717) is 53.9 Å². The van der Waals surface area contributed by atoms with Gasteiger partial charge in [0.15, 0.2) is 11.5 Å². The lowest BCUT2D eigenvalue weighted by Crippen LogP contribution is -2.31. The van der Waals surface area contributed by atoms with Gasteiger partial charge in [0.05, 0.1) is 32.4 Å². The van der Waals surface area contributed by atoms with Crippen molar-refractivity contribution in [3.63, 3.8) is 0 Å². The smallest absolute Gasteiger partial charge is 0.295 e. The van der Waals surface area contributed by atoms with Crippen molar-refractivity contribution < 1.29 is 28.9 Å². The number of likely N-dealkylation sites (tertiary alicyclic amines) is 1. The van der Waals surface area contributed by atoms with E-state index in [1.165, 1.54) is 12.0 Å². The van der Waals surface area contributed by atoms with E-state index < -0.39 is 17.7 Å². The highest BCUT2D eigenvalue weighted by molar-refractivity contribution is 6.46. The molecule has 0 aromatic heterocycles. The van der Waals surface area contributed by atoms with Crippen molar-refractivity contribution in [2.75, 3.05) is 27.4 Å². The zero-order valence-electron chi connectivity index (χ0n) is 22.8. The summed E-state index contributed by atoms with van der Waals surface area (Å²) >= 11 is 0. The number of carbonyl (C=O) groups is 2. The van der Waals surface area contributed by atoms with Gasteiger partial charge in [-0.2, -0.15) is 0 Å². The van der Waals surface area contributed by atoms with Crippen molar-refractivity contribution in [1.29, 1.82) is 0 Å². The monoisotopic (exact) mass is 529 g/mol. The summed E-state index contributed by atoms with van der Waals surface area (Å²) in [7, 11) is 3.08. The lowest BCUT2D eigenvalue weighted by atomic mass is 9.94. The van der Waals surface area contributed by atoms with Crippen molar-refractivity contribution in [1.82, 2.24) is 4.90 Å². The first-order chi connectivity index (χ1) is 18.8. The van der Waals surface area contributed by atoms with Gasteiger partial charge in [0.1, 0.15) is 11.5 Å². The van der Waals surface area contributed by atoms with E-state index in [0.717, 1.165) is 12.0 Å².